The standard InChI is InChI=1S/C12H20N4O3/c1-3-9(6-11(17)18)7-16-12(13-14-15-16)10-5-4-8(2)19-10/h8-10H,3-7H2,1-2H3,(H,17,18). The van der Waals surface area contributed by atoms with E-state index in [9.17, 15) is 4.79 Å². The number of hydrogen-bond acceptors (Lipinski definition) is 5. The highest BCUT2D eigenvalue weighted by Gasteiger charge is 2.28. The average Bonchev–Trinajstić information content (AvgIpc) is 2.96. The van der Waals surface area contributed by atoms with E-state index >= 15 is 0 Å². The molecule has 2 heterocycles. The van der Waals surface area contributed by atoms with E-state index in [1.807, 2.05) is 13.8 Å². The summed E-state index contributed by atoms with van der Waals surface area (Å²) in [4.78, 5) is 10.8. The third-order valence-corrected chi connectivity index (χ3v) is 3.55. The van der Waals surface area contributed by atoms with Gasteiger partial charge in [0.05, 0.1) is 6.10 Å². The Labute approximate surface area is 111 Å². The maximum absolute atomic E-state index is 10.8. The number of carbonyl (C=O) groups is 1. The Morgan fingerprint density at radius 3 is 2.95 bits per heavy atom. The Balaban J connectivity index is 2.04. The molecule has 3 atom stereocenters. The van der Waals surface area contributed by atoms with Gasteiger partial charge in [0, 0.05) is 13.0 Å². The van der Waals surface area contributed by atoms with Crippen molar-refractivity contribution >= 4 is 5.97 Å². The lowest BCUT2D eigenvalue weighted by molar-refractivity contribution is -0.138. The first-order valence-electron chi connectivity index (χ1n) is 6.73. The molecule has 3 unspecified atom stereocenters. The normalized spacial score (nSPS) is 24.5. The van der Waals surface area contributed by atoms with Gasteiger partial charge in [0.15, 0.2) is 5.82 Å². The lowest BCUT2D eigenvalue weighted by Gasteiger charge is -2.15. The Bertz CT molecular complexity index is 434. The molecule has 0 radical (unpaired) electrons. The predicted octanol–water partition coefficient (Wildman–Crippen LogP) is 1.41. The Kier molecular flexibility index (Phi) is 4.47. The van der Waals surface area contributed by atoms with E-state index in [-0.39, 0.29) is 24.5 Å². The topological polar surface area (TPSA) is 90.1 Å². The molecular formula is C12H20N4O3. The van der Waals surface area contributed by atoms with Crippen LogP contribution in [0.15, 0.2) is 0 Å². The molecule has 7 heteroatoms. The molecule has 1 N–H and O–H groups in total. The molecule has 1 fully saturated rings. The number of aliphatic carboxylic acids is 1. The molecule has 1 aromatic heterocycles. The van der Waals surface area contributed by atoms with Crippen molar-refractivity contribution < 1.29 is 14.6 Å². The molecule has 2 rings (SSSR count). The van der Waals surface area contributed by atoms with Crippen molar-refractivity contribution in [2.75, 3.05) is 0 Å². The first kappa shape index (κ1) is 13.9. The van der Waals surface area contributed by atoms with Crippen LogP contribution in [0.2, 0.25) is 0 Å². The number of rotatable bonds is 6. The fourth-order valence-electron chi connectivity index (χ4n) is 2.39. The number of tetrazole rings is 1. The molecule has 0 spiro atoms. The summed E-state index contributed by atoms with van der Waals surface area (Å²) < 4.78 is 7.46. The van der Waals surface area contributed by atoms with Gasteiger partial charge in [-0.15, -0.1) is 5.10 Å². The SMILES string of the molecule is CCC(CC(=O)O)Cn1nnnc1C1CCC(C)O1. The first-order chi connectivity index (χ1) is 9.10. The molecule has 0 aromatic carbocycles. The summed E-state index contributed by atoms with van der Waals surface area (Å²) in [6, 6.07) is 0. The zero-order valence-electron chi connectivity index (χ0n) is 11.3. The van der Waals surface area contributed by atoms with Gasteiger partial charge >= 0.3 is 5.97 Å². The zero-order chi connectivity index (χ0) is 13.8. The summed E-state index contributed by atoms with van der Waals surface area (Å²) in [5.74, 6) is -0.0287. The maximum Gasteiger partial charge on any atom is 0.303 e. The lowest BCUT2D eigenvalue weighted by atomic mass is 10.0. The fraction of sp³-hybridized carbons (Fsp3) is 0.833. The highest BCUT2D eigenvalue weighted by molar-refractivity contribution is 5.66. The summed E-state index contributed by atoms with van der Waals surface area (Å²) in [6.45, 7) is 4.54. The summed E-state index contributed by atoms with van der Waals surface area (Å²) >= 11 is 0. The van der Waals surface area contributed by atoms with E-state index in [4.69, 9.17) is 9.84 Å². The van der Waals surface area contributed by atoms with Crippen LogP contribution >= 0.6 is 0 Å². The van der Waals surface area contributed by atoms with E-state index < -0.39 is 5.97 Å². The summed E-state index contributed by atoms with van der Waals surface area (Å²) in [6.07, 6.45) is 3.01. The van der Waals surface area contributed by atoms with Crippen LogP contribution in [0.4, 0.5) is 0 Å². The molecule has 1 aromatic rings. The van der Waals surface area contributed by atoms with Crippen molar-refractivity contribution in [3.05, 3.63) is 5.82 Å². The van der Waals surface area contributed by atoms with Crippen molar-refractivity contribution in [1.29, 1.82) is 0 Å². The smallest absolute Gasteiger partial charge is 0.303 e. The van der Waals surface area contributed by atoms with Gasteiger partial charge in [-0.2, -0.15) is 0 Å². The molecule has 7 nitrogen and oxygen atoms in total. The van der Waals surface area contributed by atoms with Gasteiger partial charge in [-0.3, -0.25) is 4.79 Å². The third kappa shape index (κ3) is 3.50. The quantitative estimate of drug-likeness (QED) is 0.839. The van der Waals surface area contributed by atoms with E-state index in [2.05, 4.69) is 15.5 Å². The van der Waals surface area contributed by atoms with Crippen LogP contribution < -0.4 is 0 Å². The minimum absolute atomic E-state index is 0.0403. The highest BCUT2D eigenvalue weighted by Crippen LogP contribution is 2.31. The molecule has 1 aliphatic heterocycles. The maximum atomic E-state index is 10.8. The van der Waals surface area contributed by atoms with Gasteiger partial charge in [0.1, 0.15) is 6.10 Å². The van der Waals surface area contributed by atoms with Crippen LogP contribution in [0.3, 0.4) is 0 Å². The zero-order valence-corrected chi connectivity index (χ0v) is 11.3. The van der Waals surface area contributed by atoms with Gasteiger partial charge < -0.3 is 9.84 Å². The average molecular weight is 268 g/mol. The second kappa shape index (κ2) is 6.10. The number of ether oxygens (including phenoxy) is 1. The van der Waals surface area contributed by atoms with Gasteiger partial charge in [-0.1, -0.05) is 13.3 Å². The number of nitrogens with zero attached hydrogens (tertiary/aromatic N) is 4. The van der Waals surface area contributed by atoms with Crippen LogP contribution in [0.5, 0.6) is 0 Å². The number of hydrogen-bond donors (Lipinski definition) is 1. The van der Waals surface area contributed by atoms with Crippen molar-refractivity contribution in [3.63, 3.8) is 0 Å². The number of carboxylic acid groups (broad SMARTS) is 1. The predicted molar refractivity (Wildman–Crippen MR) is 66.4 cm³/mol. The number of carboxylic acids is 1. The Morgan fingerprint density at radius 2 is 2.37 bits per heavy atom. The molecule has 0 aliphatic carbocycles. The summed E-state index contributed by atoms with van der Waals surface area (Å²) in [7, 11) is 0. The monoisotopic (exact) mass is 268 g/mol. The van der Waals surface area contributed by atoms with E-state index in [0.29, 0.717) is 12.4 Å². The molecule has 0 amide bonds. The van der Waals surface area contributed by atoms with E-state index in [1.165, 1.54) is 0 Å². The number of aromatic nitrogens is 4. The minimum Gasteiger partial charge on any atom is -0.481 e. The lowest BCUT2D eigenvalue weighted by Crippen LogP contribution is -2.19. The van der Waals surface area contributed by atoms with Crippen LogP contribution in [0.1, 0.15) is 51.5 Å². The summed E-state index contributed by atoms with van der Waals surface area (Å²) in [5.41, 5.74) is 0. The molecule has 1 aliphatic rings. The third-order valence-electron chi connectivity index (χ3n) is 3.55. The largest absolute Gasteiger partial charge is 0.481 e. The second-order valence-electron chi connectivity index (χ2n) is 5.10. The molecule has 1 saturated heterocycles. The molecule has 0 saturated carbocycles. The van der Waals surface area contributed by atoms with E-state index in [1.54, 1.807) is 4.68 Å². The first-order valence-corrected chi connectivity index (χ1v) is 6.73. The van der Waals surface area contributed by atoms with Crippen LogP contribution in [-0.2, 0) is 16.1 Å². The Morgan fingerprint density at radius 1 is 1.58 bits per heavy atom. The fourth-order valence-corrected chi connectivity index (χ4v) is 2.39. The molecule has 106 valence electrons. The Hall–Kier alpha value is -1.50. The van der Waals surface area contributed by atoms with Crippen molar-refractivity contribution in [2.24, 2.45) is 5.92 Å². The van der Waals surface area contributed by atoms with Crippen molar-refractivity contribution in [1.82, 2.24) is 20.2 Å². The van der Waals surface area contributed by atoms with Crippen molar-refractivity contribution in [3.8, 4) is 0 Å². The van der Waals surface area contributed by atoms with Crippen molar-refractivity contribution in [2.45, 2.75) is 58.3 Å². The van der Waals surface area contributed by atoms with Gasteiger partial charge in [-0.05, 0) is 36.1 Å². The molecule has 0 bridgehead atoms. The van der Waals surface area contributed by atoms with Crippen LogP contribution in [0, 0.1) is 5.92 Å². The molecule has 19 heavy (non-hydrogen) atoms. The minimum atomic E-state index is -0.785. The van der Waals surface area contributed by atoms with Gasteiger partial charge in [-0.25, -0.2) is 4.68 Å². The molecular weight excluding hydrogens is 248 g/mol. The van der Waals surface area contributed by atoms with Crippen LogP contribution in [0.25, 0.3) is 0 Å². The van der Waals surface area contributed by atoms with Gasteiger partial charge in [0.2, 0.25) is 0 Å². The second-order valence-corrected chi connectivity index (χ2v) is 5.10. The highest BCUT2D eigenvalue weighted by atomic mass is 16.5. The van der Waals surface area contributed by atoms with Crippen LogP contribution in [-0.4, -0.2) is 37.4 Å². The van der Waals surface area contributed by atoms with E-state index in [0.717, 1.165) is 19.3 Å². The van der Waals surface area contributed by atoms with Gasteiger partial charge in [0.25, 0.3) is 0 Å². The summed E-state index contributed by atoms with van der Waals surface area (Å²) in [5, 5.41) is 20.6.